The summed E-state index contributed by atoms with van der Waals surface area (Å²) in [6.45, 7) is 4.31. The molecule has 0 aromatic rings. The number of rotatable bonds is 5. The third-order valence-corrected chi connectivity index (χ3v) is 4.56. The molecule has 4 nitrogen and oxygen atoms in total. The van der Waals surface area contributed by atoms with Gasteiger partial charge in [-0.1, -0.05) is 38.8 Å². The number of amides is 1. The lowest BCUT2D eigenvalue weighted by Crippen LogP contribution is -2.44. The molecule has 0 aromatic carbocycles. The van der Waals surface area contributed by atoms with E-state index in [2.05, 4.69) is 19.2 Å². The van der Waals surface area contributed by atoms with E-state index in [4.69, 9.17) is 5.11 Å². The van der Waals surface area contributed by atoms with Crippen molar-refractivity contribution >= 4 is 11.9 Å². The largest absolute Gasteiger partial charge is 0.481 e. The molecular formula is C16H25NO3. The minimum Gasteiger partial charge on any atom is -0.481 e. The molecule has 112 valence electrons. The highest BCUT2D eigenvalue weighted by atomic mass is 16.4. The Labute approximate surface area is 120 Å². The zero-order valence-corrected chi connectivity index (χ0v) is 12.4. The first-order valence-electron chi connectivity index (χ1n) is 7.65. The number of nitrogens with one attached hydrogen (secondary N) is 1. The zero-order chi connectivity index (χ0) is 14.8. The van der Waals surface area contributed by atoms with Crippen molar-refractivity contribution < 1.29 is 14.7 Å². The molecule has 2 atom stereocenters. The van der Waals surface area contributed by atoms with Crippen molar-refractivity contribution in [3.63, 3.8) is 0 Å². The standard InChI is InChI=1S/C16H25NO3/c1-11(2)10-16(7-3-4-8-16)15(20)17-13-6-5-12(9-13)14(18)19/h5-6,11-13H,3-4,7-10H2,1-2H3,(H,17,20)(H,18,19). The van der Waals surface area contributed by atoms with Crippen molar-refractivity contribution in [3.8, 4) is 0 Å². The smallest absolute Gasteiger partial charge is 0.310 e. The van der Waals surface area contributed by atoms with E-state index in [1.54, 1.807) is 6.08 Å². The number of carbonyl (C=O) groups is 2. The van der Waals surface area contributed by atoms with Crippen molar-refractivity contribution in [1.82, 2.24) is 5.32 Å². The van der Waals surface area contributed by atoms with Crippen LogP contribution in [0.2, 0.25) is 0 Å². The molecule has 0 radical (unpaired) electrons. The van der Waals surface area contributed by atoms with Crippen molar-refractivity contribution in [1.29, 1.82) is 0 Å². The van der Waals surface area contributed by atoms with Gasteiger partial charge in [0.15, 0.2) is 0 Å². The number of carboxylic acids is 1. The van der Waals surface area contributed by atoms with Gasteiger partial charge in [0.05, 0.1) is 5.92 Å². The van der Waals surface area contributed by atoms with Gasteiger partial charge in [0.1, 0.15) is 0 Å². The molecule has 1 saturated carbocycles. The van der Waals surface area contributed by atoms with Crippen molar-refractivity contribution in [3.05, 3.63) is 12.2 Å². The number of carboxylic acid groups (broad SMARTS) is 1. The molecule has 2 unspecified atom stereocenters. The van der Waals surface area contributed by atoms with E-state index in [0.29, 0.717) is 12.3 Å². The maximum absolute atomic E-state index is 12.6. The predicted octanol–water partition coefficient (Wildman–Crippen LogP) is 2.74. The highest BCUT2D eigenvalue weighted by Crippen LogP contribution is 2.43. The first kappa shape index (κ1) is 15.1. The van der Waals surface area contributed by atoms with Gasteiger partial charge < -0.3 is 10.4 Å². The monoisotopic (exact) mass is 279 g/mol. The molecule has 20 heavy (non-hydrogen) atoms. The van der Waals surface area contributed by atoms with E-state index in [9.17, 15) is 9.59 Å². The van der Waals surface area contributed by atoms with Crippen LogP contribution in [-0.4, -0.2) is 23.0 Å². The Morgan fingerprint density at radius 2 is 1.95 bits per heavy atom. The van der Waals surface area contributed by atoms with E-state index < -0.39 is 11.9 Å². The lowest BCUT2D eigenvalue weighted by Gasteiger charge is -2.30. The van der Waals surface area contributed by atoms with Gasteiger partial charge in [-0.05, 0) is 31.6 Å². The van der Waals surface area contributed by atoms with Gasteiger partial charge >= 0.3 is 5.97 Å². The van der Waals surface area contributed by atoms with Gasteiger partial charge in [0.25, 0.3) is 0 Å². The quantitative estimate of drug-likeness (QED) is 0.760. The molecule has 0 aromatic heterocycles. The van der Waals surface area contributed by atoms with Gasteiger partial charge in [-0.3, -0.25) is 9.59 Å². The van der Waals surface area contributed by atoms with E-state index in [0.717, 1.165) is 32.1 Å². The third kappa shape index (κ3) is 3.22. The van der Waals surface area contributed by atoms with Crippen LogP contribution in [0.4, 0.5) is 0 Å². The first-order chi connectivity index (χ1) is 9.43. The minimum atomic E-state index is -0.809. The number of carbonyl (C=O) groups excluding carboxylic acids is 1. The lowest BCUT2D eigenvalue weighted by molar-refractivity contribution is -0.140. The average Bonchev–Trinajstić information content (AvgIpc) is 2.98. The summed E-state index contributed by atoms with van der Waals surface area (Å²) in [5.41, 5.74) is -0.219. The molecule has 0 aliphatic heterocycles. The predicted molar refractivity (Wildman–Crippen MR) is 77.2 cm³/mol. The molecule has 0 saturated heterocycles. The summed E-state index contributed by atoms with van der Waals surface area (Å²) in [5.74, 6) is -0.630. The average molecular weight is 279 g/mol. The fourth-order valence-corrected chi connectivity index (χ4v) is 3.67. The van der Waals surface area contributed by atoms with E-state index in [1.807, 2.05) is 6.08 Å². The van der Waals surface area contributed by atoms with Crippen LogP contribution < -0.4 is 5.32 Å². The van der Waals surface area contributed by atoms with Gasteiger partial charge in [-0.25, -0.2) is 0 Å². The molecule has 1 fully saturated rings. The minimum absolute atomic E-state index is 0.117. The van der Waals surface area contributed by atoms with Crippen molar-refractivity contribution in [2.24, 2.45) is 17.3 Å². The maximum Gasteiger partial charge on any atom is 0.310 e. The zero-order valence-electron chi connectivity index (χ0n) is 12.4. The van der Waals surface area contributed by atoms with E-state index >= 15 is 0 Å². The molecule has 2 N–H and O–H groups in total. The lowest BCUT2D eigenvalue weighted by atomic mass is 9.77. The second-order valence-electron chi connectivity index (χ2n) is 6.73. The van der Waals surface area contributed by atoms with E-state index in [-0.39, 0.29) is 17.4 Å². The normalized spacial score (nSPS) is 27.9. The maximum atomic E-state index is 12.6. The summed E-state index contributed by atoms with van der Waals surface area (Å²) in [6, 6.07) is -0.117. The van der Waals surface area contributed by atoms with Crippen LogP contribution in [0.1, 0.15) is 52.4 Å². The van der Waals surface area contributed by atoms with E-state index in [1.165, 1.54) is 0 Å². The van der Waals surface area contributed by atoms with Gasteiger partial charge in [-0.15, -0.1) is 0 Å². The molecule has 4 heteroatoms. The number of hydrogen-bond acceptors (Lipinski definition) is 2. The van der Waals surface area contributed by atoms with Gasteiger partial charge in [0.2, 0.25) is 5.91 Å². The Morgan fingerprint density at radius 3 is 2.45 bits per heavy atom. The Morgan fingerprint density at radius 1 is 1.30 bits per heavy atom. The number of hydrogen-bond donors (Lipinski definition) is 2. The van der Waals surface area contributed by atoms with Gasteiger partial charge in [0, 0.05) is 11.5 Å². The Bertz CT molecular complexity index is 408. The van der Waals surface area contributed by atoms with Gasteiger partial charge in [-0.2, -0.15) is 0 Å². The summed E-state index contributed by atoms with van der Waals surface area (Å²) < 4.78 is 0. The Hall–Kier alpha value is -1.32. The molecule has 2 aliphatic rings. The summed E-state index contributed by atoms with van der Waals surface area (Å²) in [5, 5.41) is 12.0. The summed E-state index contributed by atoms with van der Waals surface area (Å²) >= 11 is 0. The first-order valence-corrected chi connectivity index (χ1v) is 7.65. The molecule has 1 amide bonds. The molecule has 2 rings (SSSR count). The fourth-order valence-electron chi connectivity index (χ4n) is 3.67. The van der Waals surface area contributed by atoms with Crippen molar-refractivity contribution in [2.75, 3.05) is 0 Å². The summed E-state index contributed by atoms with van der Waals surface area (Å²) in [4.78, 5) is 23.6. The molecule has 0 spiro atoms. The highest BCUT2D eigenvalue weighted by Gasteiger charge is 2.42. The third-order valence-electron chi connectivity index (χ3n) is 4.56. The second kappa shape index (κ2) is 5.98. The van der Waals surface area contributed by atoms with Crippen LogP contribution in [-0.2, 0) is 9.59 Å². The fraction of sp³-hybridized carbons (Fsp3) is 0.750. The SMILES string of the molecule is CC(C)CC1(C(=O)NC2C=CC(C(=O)O)C2)CCCC1. The number of aliphatic carboxylic acids is 1. The van der Waals surface area contributed by atoms with Crippen LogP contribution in [0.5, 0.6) is 0 Å². The van der Waals surface area contributed by atoms with Crippen LogP contribution in [0.15, 0.2) is 12.2 Å². The summed E-state index contributed by atoms with van der Waals surface area (Å²) in [6.07, 6.45) is 9.12. The molecule has 0 bridgehead atoms. The van der Waals surface area contributed by atoms with Crippen LogP contribution in [0.25, 0.3) is 0 Å². The Kier molecular flexibility index (Phi) is 4.51. The van der Waals surface area contributed by atoms with Crippen LogP contribution in [0, 0.1) is 17.3 Å². The summed E-state index contributed by atoms with van der Waals surface area (Å²) in [7, 11) is 0. The Balaban J connectivity index is 1.96. The molecule has 2 aliphatic carbocycles. The molecular weight excluding hydrogens is 254 g/mol. The highest BCUT2D eigenvalue weighted by molar-refractivity contribution is 5.83. The van der Waals surface area contributed by atoms with Crippen LogP contribution >= 0.6 is 0 Å². The second-order valence-corrected chi connectivity index (χ2v) is 6.73. The van der Waals surface area contributed by atoms with Crippen LogP contribution in [0.3, 0.4) is 0 Å². The van der Waals surface area contributed by atoms with Crippen molar-refractivity contribution in [2.45, 2.75) is 58.4 Å². The topological polar surface area (TPSA) is 66.4 Å². The molecule has 0 heterocycles.